The van der Waals surface area contributed by atoms with Gasteiger partial charge >= 0.3 is 11.8 Å². The normalized spacial score (nSPS) is 22.4. The topological polar surface area (TPSA) is 101 Å². The van der Waals surface area contributed by atoms with Crippen LogP contribution in [-0.4, -0.2) is 57.2 Å². The molecule has 1 aliphatic rings. The first-order valence-corrected chi connectivity index (χ1v) is 21.3. The molecule has 0 aromatic carbocycles. The van der Waals surface area contributed by atoms with Crippen LogP contribution in [0.3, 0.4) is 0 Å². The van der Waals surface area contributed by atoms with Gasteiger partial charge in [-0.25, -0.2) is 9.59 Å². The van der Waals surface area contributed by atoms with Crippen molar-refractivity contribution in [3.05, 3.63) is 20.3 Å². The van der Waals surface area contributed by atoms with Gasteiger partial charge in [-0.15, -0.1) is 0 Å². The summed E-state index contributed by atoms with van der Waals surface area (Å²) < 4.78 is 27.6. The van der Waals surface area contributed by atoms with Gasteiger partial charge in [0.2, 0.25) is 0 Å². The lowest BCUT2D eigenvalue weighted by Crippen LogP contribution is -2.53. The number of hydrogen-bond acceptors (Lipinski definition) is 7. The number of hydrogen-bond donors (Lipinski definition) is 1. The maximum absolute atomic E-state index is 13.4. The van der Waals surface area contributed by atoms with Crippen molar-refractivity contribution in [1.82, 2.24) is 9.55 Å². The van der Waals surface area contributed by atoms with E-state index in [0.717, 1.165) is 25.7 Å². The van der Waals surface area contributed by atoms with Gasteiger partial charge in [-0.1, -0.05) is 67.7 Å². The molecule has 1 aromatic rings. The molecule has 1 amide bonds. The van der Waals surface area contributed by atoms with Crippen molar-refractivity contribution >= 4 is 51.1 Å². The van der Waals surface area contributed by atoms with Crippen LogP contribution < -0.4 is 11.0 Å². The van der Waals surface area contributed by atoms with Crippen molar-refractivity contribution < 1.29 is 23.1 Å². The Labute approximate surface area is 256 Å². The quantitative estimate of drug-likeness (QED) is 0.143. The molecule has 1 aromatic heterocycles. The number of rotatable bonds is 11. The summed E-state index contributed by atoms with van der Waals surface area (Å²) in [5, 5.41) is 2.57. The van der Waals surface area contributed by atoms with Crippen molar-refractivity contribution in [2.75, 3.05) is 11.9 Å². The van der Waals surface area contributed by atoms with E-state index in [9.17, 15) is 9.59 Å². The number of halogens is 1. The SMILES string of the molecule is CCCCCCOC(=O)Nc1nc(=O)n([C@@H]2O[C@H](C)[C@@H](O[Si](C)(C)C(C)(C)C)[C@H]2O[Si](C)(C)C(C)(C)C)cc1I. The molecule has 0 radical (unpaired) electrons. The number of carbonyl (C=O) groups is 1. The molecule has 230 valence electrons. The third-order valence-corrected chi connectivity index (χ3v) is 18.3. The van der Waals surface area contributed by atoms with E-state index in [4.69, 9.17) is 18.3 Å². The maximum Gasteiger partial charge on any atom is 0.412 e. The van der Waals surface area contributed by atoms with Gasteiger partial charge in [0.25, 0.3) is 0 Å². The fourth-order valence-corrected chi connectivity index (χ4v) is 7.09. The molecular formula is C28H52IN3O6Si2. The molecule has 0 aliphatic carbocycles. The van der Waals surface area contributed by atoms with E-state index in [1.165, 1.54) is 4.57 Å². The third-order valence-electron chi connectivity index (χ3n) is 8.53. The van der Waals surface area contributed by atoms with E-state index in [2.05, 4.69) is 108 Å². The van der Waals surface area contributed by atoms with Gasteiger partial charge in [0, 0.05) is 6.20 Å². The Morgan fingerprint density at radius 2 is 1.57 bits per heavy atom. The first kappa shape index (κ1) is 35.4. The summed E-state index contributed by atoms with van der Waals surface area (Å²) >= 11 is 2.07. The van der Waals surface area contributed by atoms with E-state index in [-0.39, 0.29) is 28.1 Å². The molecule has 0 saturated carbocycles. The van der Waals surface area contributed by atoms with Crippen LogP contribution in [0, 0.1) is 3.57 Å². The largest absolute Gasteiger partial charge is 0.449 e. The van der Waals surface area contributed by atoms with E-state index >= 15 is 0 Å². The van der Waals surface area contributed by atoms with Crippen LogP contribution in [0.1, 0.15) is 87.3 Å². The van der Waals surface area contributed by atoms with Gasteiger partial charge in [-0.2, -0.15) is 4.98 Å². The number of nitrogens with zero attached hydrogens (tertiary/aromatic N) is 2. The number of amides is 1. The van der Waals surface area contributed by atoms with Crippen LogP contribution in [0.5, 0.6) is 0 Å². The molecule has 9 nitrogen and oxygen atoms in total. The highest BCUT2D eigenvalue weighted by atomic mass is 127. The second-order valence-electron chi connectivity index (χ2n) is 13.9. The van der Waals surface area contributed by atoms with Crippen molar-refractivity contribution in [3.63, 3.8) is 0 Å². The highest BCUT2D eigenvalue weighted by Gasteiger charge is 2.53. The molecule has 2 rings (SSSR count). The van der Waals surface area contributed by atoms with Gasteiger partial charge in [-0.3, -0.25) is 9.88 Å². The fraction of sp³-hybridized carbons (Fsp3) is 0.821. The molecular weight excluding hydrogens is 657 g/mol. The molecule has 0 bridgehead atoms. The van der Waals surface area contributed by atoms with Gasteiger partial charge in [0.1, 0.15) is 12.2 Å². The molecule has 0 unspecified atom stereocenters. The zero-order chi connectivity index (χ0) is 30.7. The molecule has 40 heavy (non-hydrogen) atoms. The lowest BCUT2D eigenvalue weighted by atomic mass is 10.1. The van der Waals surface area contributed by atoms with Crippen molar-refractivity contribution in [1.29, 1.82) is 0 Å². The smallest absolute Gasteiger partial charge is 0.412 e. The number of nitrogens with one attached hydrogen (secondary N) is 1. The Morgan fingerprint density at radius 1 is 1.02 bits per heavy atom. The number of carbonyl (C=O) groups excluding carboxylic acids is 1. The summed E-state index contributed by atoms with van der Waals surface area (Å²) in [6.07, 6.45) is 3.23. The standard InChI is InChI=1S/C28H52IN3O6Si2/c1-13-14-15-16-17-35-26(34)31-23-20(29)18-32(25(33)30-23)24-22(38-40(11,12)28(6,7)8)21(19(2)36-24)37-39(9,10)27(3,4)5/h18-19,21-22,24H,13-17H2,1-12H3,(H,30,31,33,34)/t19-,21-,22-,24-/m1/s1. The lowest BCUT2D eigenvalue weighted by Gasteiger charge is -2.44. The zero-order valence-corrected chi connectivity index (χ0v) is 30.8. The summed E-state index contributed by atoms with van der Waals surface area (Å²) in [5.74, 6) is 0.169. The Morgan fingerprint density at radius 3 is 2.10 bits per heavy atom. The van der Waals surface area contributed by atoms with Crippen LogP contribution >= 0.6 is 22.6 Å². The van der Waals surface area contributed by atoms with E-state index in [1.54, 1.807) is 6.20 Å². The summed E-state index contributed by atoms with van der Waals surface area (Å²) in [6, 6.07) is 0. The van der Waals surface area contributed by atoms with Crippen LogP contribution in [0.2, 0.25) is 36.3 Å². The lowest BCUT2D eigenvalue weighted by molar-refractivity contribution is -0.0311. The van der Waals surface area contributed by atoms with Gasteiger partial charge < -0.3 is 18.3 Å². The Hall–Kier alpha value is -0.806. The molecule has 4 atom stereocenters. The predicted molar refractivity (Wildman–Crippen MR) is 174 cm³/mol. The van der Waals surface area contributed by atoms with Crippen molar-refractivity contribution in [2.45, 2.75) is 142 Å². The summed E-state index contributed by atoms with van der Waals surface area (Å²) in [6.45, 7) is 26.5. The van der Waals surface area contributed by atoms with E-state index < -0.39 is 40.7 Å². The third kappa shape index (κ3) is 8.85. The Bertz CT molecular complexity index is 1070. The first-order chi connectivity index (χ1) is 18.2. The van der Waals surface area contributed by atoms with Gasteiger partial charge in [0.05, 0.1) is 16.3 Å². The zero-order valence-electron chi connectivity index (χ0n) is 26.6. The predicted octanol–water partition coefficient (Wildman–Crippen LogP) is 7.67. The highest BCUT2D eigenvalue weighted by molar-refractivity contribution is 14.1. The maximum atomic E-state index is 13.4. The molecule has 12 heteroatoms. The second kappa shape index (κ2) is 13.7. The summed E-state index contributed by atoms with van der Waals surface area (Å²) in [7, 11) is -4.46. The number of ether oxygens (including phenoxy) is 2. The number of unbranched alkanes of at least 4 members (excludes halogenated alkanes) is 3. The summed E-state index contributed by atoms with van der Waals surface area (Å²) in [5.41, 5.74) is -0.535. The molecule has 2 heterocycles. The minimum atomic E-state index is -2.28. The van der Waals surface area contributed by atoms with Gasteiger partial charge in [-0.05, 0) is 72.2 Å². The number of anilines is 1. The van der Waals surface area contributed by atoms with E-state index in [0.29, 0.717) is 10.2 Å². The molecule has 1 fully saturated rings. The molecule has 1 saturated heterocycles. The van der Waals surface area contributed by atoms with Crippen LogP contribution in [0.25, 0.3) is 0 Å². The monoisotopic (exact) mass is 709 g/mol. The second-order valence-corrected chi connectivity index (χ2v) is 24.5. The average molecular weight is 710 g/mol. The molecule has 1 N–H and O–H groups in total. The van der Waals surface area contributed by atoms with Crippen LogP contribution in [0.15, 0.2) is 11.0 Å². The molecule has 0 spiro atoms. The average Bonchev–Trinajstić information content (AvgIpc) is 3.08. The Balaban J connectivity index is 2.38. The van der Waals surface area contributed by atoms with Crippen LogP contribution in [0.4, 0.5) is 10.6 Å². The molecule has 1 aliphatic heterocycles. The van der Waals surface area contributed by atoms with E-state index in [1.807, 2.05) is 6.92 Å². The highest BCUT2D eigenvalue weighted by Crippen LogP contribution is 2.45. The minimum Gasteiger partial charge on any atom is -0.449 e. The Kier molecular flexibility index (Phi) is 12.1. The van der Waals surface area contributed by atoms with Crippen molar-refractivity contribution in [3.8, 4) is 0 Å². The fourth-order valence-electron chi connectivity index (χ4n) is 3.89. The first-order valence-electron chi connectivity index (χ1n) is 14.5. The summed E-state index contributed by atoms with van der Waals surface area (Å²) in [4.78, 5) is 29.9. The van der Waals surface area contributed by atoms with Gasteiger partial charge in [0.15, 0.2) is 28.7 Å². The van der Waals surface area contributed by atoms with Crippen LogP contribution in [-0.2, 0) is 18.3 Å². The van der Waals surface area contributed by atoms with Crippen molar-refractivity contribution in [2.24, 2.45) is 0 Å². The minimum absolute atomic E-state index is 0.00196. The number of aromatic nitrogens is 2.